The number of fused-ring (bicyclic) bond motifs is 3. The van der Waals surface area contributed by atoms with Gasteiger partial charge in [0, 0.05) is 24.2 Å². The number of carbonyl (C=O) groups excluding carboxylic acids is 1. The van der Waals surface area contributed by atoms with Crippen molar-refractivity contribution in [2.75, 3.05) is 6.61 Å². The molecule has 0 fully saturated rings. The summed E-state index contributed by atoms with van der Waals surface area (Å²) in [6, 6.07) is 8.25. The van der Waals surface area contributed by atoms with Crippen LogP contribution in [-0.2, 0) is 33.6 Å². The molecule has 1 aromatic carbocycles. The van der Waals surface area contributed by atoms with Crippen LogP contribution in [0, 0.1) is 5.92 Å². The molecule has 0 radical (unpaired) electrons. The van der Waals surface area contributed by atoms with Crippen LogP contribution >= 0.6 is 0 Å². The van der Waals surface area contributed by atoms with E-state index >= 15 is 0 Å². The number of para-hydroxylation sites is 1. The van der Waals surface area contributed by atoms with E-state index in [1.54, 1.807) is 6.92 Å². The van der Waals surface area contributed by atoms with Gasteiger partial charge in [0.1, 0.15) is 0 Å². The second-order valence-corrected chi connectivity index (χ2v) is 6.93. The third-order valence-electron chi connectivity index (χ3n) is 5.11. The first-order chi connectivity index (χ1) is 13.1. The maximum Gasteiger partial charge on any atom is 0.306 e. The molecule has 27 heavy (non-hydrogen) atoms. The number of ether oxygens (including phenoxy) is 1. The van der Waals surface area contributed by atoms with Crippen LogP contribution in [0.3, 0.4) is 0 Å². The lowest BCUT2D eigenvalue weighted by Gasteiger charge is -2.20. The number of carbonyl (C=O) groups is 2. The molecule has 1 aliphatic heterocycles. The summed E-state index contributed by atoms with van der Waals surface area (Å²) < 4.78 is 7.00. The second kappa shape index (κ2) is 8.84. The van der Waals surface area contributed by atoms with Crippen LogP contribution in [0.4, 0.5) is 0 Å². The number of aliphatic carboxylic acids is 1. The number of imidazole rings is 1. The predicted octanol–water partition coefficient (Wildman–Crippen LogP) is 3.34. The van der Waals surface area contributed by atoms with Crippen LogP contribution in [0.1, 0.15) is 49.6 Å². The highest BCUT2D eigenvalue weighted by Crippen LogP contribution is 2.28. The number of carboxylic acids is 1. The van der Waals surface area contributed by atoms with Gasteiger partial charge in [-0.1, -0.05) is 24.6 Å². The van der Waals surface area contributed by atoms with Gasteiger partial charge in [0.05, 0.1) is 24.5 Å². The van der Waals surface area contributed by atoms with Crippen molar-refractivity contribution >= 4 is 11.9 Å². The van der Waals surface area contributed by atoms with Crippen LogP contribution in [-0.4, -0.2) is 33.2 Å². The maximum absolute atomic E-state index is 11.7. The first kappa shape index (κ1) is 19.1. The summed E-state index contributed by atoms with van der Waals surface area (Å²) in [6.45, 7) is 2.16. The quantitative estimate of drug-likeness (QED) is 0.541. The molecule has 1 atom stereocenters. The molecule has 0 saturated heterocycles. The van der Waals surface area contributed by atoms with Gasteiger partial charge in [-0.05, 0) is 44.2 Å². The molecule has 2 aromatic rings. The van der Waals surface area contributed by atoms with E-state index in [1.165, 1.54) is 5.56 Å². The van der Waals surface area contributed by atoms with E-state index in [9.17, 15) is 14.7 Å². The first-order valence-electron chi connectivity index (χ1n) is 9.62. The van der Waals surface area contributed by atoms with Crippen LogP contribution in [0.2, 0.25) is 0 Å². The van der Waals surface area contributed by atoms with Crippen molar-refractivity contribution in [2.24, 2.45) is 5.92 Å². The zero-order valence-electron chi connectivity index (χ0n) is 15.7. The summed E-state index contributed by atoms with van der Waals surface area (Å²) in [7, 11) is 0. The molecule has 2 heterocycles. The largest absolute Gasteiger partial charge is 0.481 e. The normalized spacial score (nSPS) is 13.5. The number of benzene rings is 1. The summed E-state index contributed by atoms with van der Waals surface area (Å²) in [5, 5.41) is 9.60. The zero-order chi connectivity index (χ0) is 19.2. The van der Waals surface area contributed by atoms with Crippen molar-refractivity contribution < 1.29 is 19.4 Å². The van der Waals surface area contributed by atoms with Gasteiger partial charge in [0.25, 0.3) is 0 Å². The molecular formula is C21H26N2O4. The van der Waals surface area contributed by atoms with Gasteiger partial charge in [-0.2, -0.15) is 0 Å². The van der Waals surface area contributed by atoms with Gasteiger partial charge in [-0.25, -0.2) is 4.98 Å². The Hall–Kier alpha value is -2.63. The summed E-state index contributed by atoms with van der Waals surface area (Å²) in [5.74, 6) is -1.50. The fourth-order valence-electron chi connectivity index (χ4n) is 3.70. The Morgan fingerprint density at radius 3 is 2.85 bits per heavy atom. The monoisotopic (exact) mass is 370 g/mol. The molecule has 0 amide bonds. The minimum absolute atomic E-state index is 0.216. The zero-order valence-corrected chi connectivity index (χ0v) is 15.7. The molecule has 0 unspecified atom stereocenters. The fourth-order valence-corrected chi connectivity index (χ4v) is 3.70. The van der Waals surface area contributed by atoms with Crippen molar-refractivity contribution in [1.82, 2.24) is 9.55 Å². The van der Waals surface area contributed by atoms with Gasteiger partial charge < -0.3 is 14.4 Å². The van der Waals surface area contributed by atoms with Crippen LogP contribution < -0.4 is 0 Å². The molecule has 0 bridgehead atoms. The van der Waals surface area contributed by atoms with Crippen molar-refractivity contribution in [3.63, 3.8) is 0 Å². The van der Waals surface area contributed by atoms with Crippen molar-refractivity contribution in [2.45, 2.75) is 51.9 Å². The second-order valence-electron chi connectivity index (χ2n) is 6.93. The Morgan fingerprint density at radius 2 is 2.07 bits per heavy atom. The molecule has 3 rings (SSSR count). The van der Waals surface area contributed by atoms with Crippen molar-refractivity contribution in [1.29, 1.82) is 0 Å². The van der Waals surface area contributed by atoms with E-state index in [0.29, 0.717) is 38.7 Å². The van der Waals surface area contributed by atoms with E-state index in [1.807, 2.05) is 18.5 Å². The molecule has 6 nitrogen and oxygen atoms in total. The summed E-state index contributed by atoms with van der Waals surface area (Å²) in [4.78, 5) is 27.6. The molecule has 0 saturated carbocycles. The molecule has 0 aliphatic carbocycles. The van der Waals surface area contributed by atoms with Crippen molar-refractivity contribution in [3.05, 3.63) is 47.5 Å². The average molecular weight is 370 g/mol. The number of aromatic nitrogens is 2. The number of unbranched alkanes of at least 4 members (excludes halogenated alkanes) is 1. The topological polar surface area (TPSA) is 81.4 Å². The summed E-state index contributed by atoms with van der Waals surface area (Å²) >= 11 is 0. The van der Waals surface area contributed by atoms with Crippen LogP contribution in [0.5, 0.6) is 0 Å². The smallest absolute Gasteiger partial charge is 0.306 e. The van der Waals surface area contributed by atoms with Crippen LogP contribution in [0.15, 0.2) is 30.6 Å². The third kappa shape index (κ3) is 4.56. The maximum atomic E-state index is 11.7. The Kier molecular flexibility index (Phi) is 6.27. The lowest BCUT2D eigenvalue weighted by molar-refractivity contribution is -0.143. The summed E-state index contributed by atoms with van der Waals surface area (Å²) in [6.07, 6.45) is 6.29. The number of carboxylic acid groups (broad SMARTS) is 1. The molecular weight excluding hydrogens is 344 g/mol. The number of hydrogen-bond donors (Lipinski definition) is 1. The van der Waals surface area contributed by atoms with E-state index in [0.717, 1.165) is 29.9 Å². The van der Waals surface area contributed by atoms with Crippen LogP contribution in [0.25, 0.3) is 5.69 Å². The van der Waals surface area contributed by atoms with Crippen molar-refractivity contribution in [3.8, 4) is 5.69 Å². The number of esters is 1. The van der Waals surface area contributed by atoms with Gasteiger partial charge in [0.15, 0.2) is 0 Å². The molecule has 0 spiro atoms. The Morgan fingerprint density at radius 1 is 1.26 bits per heavy atom. The van der Waals surface area contributed by atoms with Gasteiger partial charge in [0.2, 0.25) is 0 Å². The highest BCUT2D eigenvalue weighted by atomic mass is 16.5. The molecule has 1 aliphatic rings. The third-order valence-corrected chi connectivity index (χ3v) is 5.11. The number of nitrogens with zero attached hydrogens (tertiary/aromatic N) is 2. The Bertz CT molecular complexity index is 812. The Balaban J connectivity index is 1.62. The van der Waals surface area contributed by atoms with E-state index in [2.05, 4.69) is 21.7 Å². The molecule has 6 heteroatoms. The highest BCUT2D eigenvalue weighted by Gasteiger charge is 2.24. The number of aryl methyl sites for hydroxylation is 1. The highest BCUT2D eigenvalue weighted by molar-refractivity contribution is 5.70. The first-order valence-corrected chi connectivity index (χ1v) is 9.62. The molecule has 1 N–H and O–H groups in total. The Labute approximate surface area is 159 Å². The predicted molar refractivity (Wildman–Crippen MR) is 101 cm³/mol. The van der Waals surface area contributed by atoms with E-state index in [-0.39, 0.29) is 5.97 Å². The summed E-state index contributed by atoms with van der Waals surface area (Å²) in [5.41, 5.74) is 4.43. The molecule has 1 aromatic heterocycles. The minimum atomic E-state index is -0.802. The standard InChI is InChI=1S/C21H26N2O4/c1-2-27-20(24)10-6-4-8-16(21(25)26)13-17-19-12-11-15-7-3-5-9-18(15)23(19)14-22-17/h3,5,7,9,14,16H,2,4,6,8,10-13H2,1H3,(H,25,26)/t16-/m0/s1. The lowest BCUT2D eigenvalue weighted by Crippen LogP contribution is -2.19. The average Bonchev–Trinajstić information content (AvgIpc) is 3.07. The number of hydrogen-bond acceptors (Lipinski definition) is 4. The van der Waals surface area contributed by atoms with E-state index in [4.69, 9.17) is 4.74 Å². The van der Waals surface area contributed by atoms with Gasteiger partial charge >= 0.3 is 11.9 Å². The fraction of sp³-hybridized carbons (Fsp3) is 0.476. The molecule has 144 valence electrons. The van der Waals surface area contributed by atoms with Gasteiger partial charge in [-0.3, -0.25) is 9.59 Å². The SMILES string of the molecule is CCOC(=O)CCCC[C@@H](Cc1ncn2c1CCc1ccccc1-2)C(=O)O. The van der Waals surface area contributed by atoms with Gasteiger partial charge in [-0.15, -0.1) is 0 Å². The lowest BCUT2D eigenvalue weighted by atomic mass is 9.93. The van der Waals surface area contributed by atoms with E-state index < -0.39 is 11.9 Å². The minimum Gasteiger partial charge on any atom is -0.481 e. The number of rotatable bonds is 9.